The quantitative estimate of drug-likeness (QED) is 0.0406. The zero-order valence-corrected chi connectivity index (χ0v) is 85.0. The number of benzene rings is 1. The number of hydrogen-bond donors (Lipinski definition) is 8. The van der Waals surface area contributed by atoms with Crippen LogP contribution in [0.4, 0.5) is 0 Å². The molecule has 0 bridgehead atoms. The highest BCUT2D eigenvalue weighted by atomic mass is 32.2. The van der Waals surface area contributed by atoms with Crippen LogP contribution in [0.2, 0.25) is 0 Å². The molecule has 4 heterocycles. The molecule has 1 aromatic carbocycles. The van der Waals surface area contributed by atoms with Crippen molar-refractivity contribution < 1.29 is 69.6 Å². The molecular weight excluding hydrogens is 1550 g/mol. The molecule has 4 aliphatic heterocycles. The number of unbranched alkanes of at least 4 members (excludes halogenated alkanes) is 3. The first-order chi connectivity index (χ1) is 54.0. The largest absolute Gasteiger partial charge is 0.396 e. The van der Waals surface area contributed by atoms with Gasteiger partial charge in [-0.15, -0.1) is 0 Å². The van der Waals surface area contributed by atoms with Crippen molar-refractivity contribution in [2.45, 2.75) is 239 Å². The first-order valence-corrected chi connectivity index (χ1v) is 51.7. The number of sulfone groups is 3. The fraction of sp³-hybridized carbons (Fsp3) is 0.931. The Morgan fingerprint density at radius 2 is 0.819 bits per heavy atom. The van der Waals surface area contributed by atoms with E-state index in [0.717, 1.165) is 128 Å². The van der Waals surface area contributed by atoms with Crippen molar-refractivity contribution in [2.24, 2.45) is 34.6 Å². The monoisotopic (exact) mass is 1760 g/mol. The molecule has 2 unspecified atom stereocenters. The van der Waals surface area contributed by atoms with Gasteiger partial charge in [0.05, 0.1) is 44.0 Å². The molecule has 0 aromatic heterocycles. The van der Waals surface area contributed by atoms with Crippen molar-refractivity contribution in [1.29, 1.82) is 0 Å². The summed E-state index contributed by atoms with van der Waals surface area (Å²) < 4.78 is 82.0. The number of nitrogens with zero attached hydrogens (tertiary/aromatic N) is 8. The fourth-order valence-corrected chi connectivity index (χ4v) is 9.95. The minimum Gasteiger partial charge on any atom is -0.396 e. The van der Waals surface area contributed by atoms with Crippen LogP contribution in [0.3, 0.4) is 0 Å². The third-order valence-electron chi connectivity index (χ3n) is 14.8. The van der Waals surface area contributed by atoms with Gasteiger partial charge in [-0.05, 0) is 201 Å². The summed E-state index contributed by atoms with van der Waals surface area (Å²) in [5, 5.41) is 49.0. The SMILES string of the molecule is CC(C)(C)CO.CC(C)CN.CC(C)CN(C)C.CC(C)CO.CCC(O)CO.CCCCN1CCN(C)CC1.CCCCN1CCOCC1.CCCCO.CCCN.CCCN(C)C.CCCN1CCN(C)CC1.CCCN1CCOCC1.CCCO.CCCS(C)(=O)=O.CCCS(C)=O.CS(=O)(=O)c1ccccc1.CS(C)(=O)=O. The lowest BCUT2D eigenvalue weighted by molar-refractivity contribution is 0.0373. The first-order valence-electron chi connectivity index (χ1n) is 43.7. The minimum atomic E-state index is -3.00. The third-order valence-corrected chi connectivity index (χ3v) is 18.1. The number of ether oxygens (including phenoxy) is 2. The van der Waals surface area contributed by atoms with Gasteiger partial charge >= 0.3 is 0 Å². The Hall–Kier alpha value is -1.50. The summed E-state index contributed by atoms with van der Waals surface area (Å²) in [4.78, 5) is 19.6. The molecule has 0 amide bonds. The molecule has 25 nitrogen and oxygen atoms in total. The van der Waals surface area contributed by atoms with E-state index >= 15 is 0 Å². The average molecular weight is 1760 g/mol. The maximum atomic E-state index is 10.8. The summed E-state index contributed by atoms with van der Waals surface area (Å²) in [6.45, 7) is 70.1. The van der Waals surface area contributed by atoms with Gasteiger partial charge in [0.25, 0.3) is 0 Å². The number of rotatable bonds is 27. The molecule has 714 valence electrons. The summed E-state index contributed by atoms with van der Waals surface area (Å²) in [7, 11) is 3.86. The molecule has 4 aliphatic rings. The van der Waals surface area contributed by atoms with Crippen molar-refractivity contribution in [3.63, 3.8) is 0 Å². The lowest BCUT2D eigenvalue weighted by atomic mass is 9.99. The third kappa shape index (κ3) is 167. The van der Waals surface area contributed by atoms with Gasteiger partial charge in [-0.1, -0.05) is 176 Å². The van der Waals surface area contributed by atoms with Crippen molar-refractivity contribution >= 4 is 40.3 Å². The van der Waals surface area contributed by atoms with Gasteiger partial charge in [0.2, 0.25) is 0 Å². The van der Waals surface area contributed by atoms with Crippen LogP contribution in [-0.4, -0.2) is 381 Å². The van der Waals surface area contributed by atoms with E-state index in [4.69, 9.17) is 51.6 Å². The summed E-state index contributed by atoms with van der Waals surface area (Å²) in [5.41, 5.74) is 10.3. The topological polar surface area (TPSA) is 337 Å². The number of aliphatic hydroxyl groups is 6. The van der Waals surface area contributed by atoms with E-state index in [1.165, 1.54) is 149 Å². The highest BCUT2D eigenvalue weighted by molar-refractivity contribution is 7.91. The van der Waals surface area contributed by atoms with Gasteiger partial charge in [0, 0.05) is 159 Å². The van der Waals surface area contributed by atoms with Gasteiger partial charge in [-0.25, -0.2) is 25.3 Å². The number of nitrogens with two attached hydrogens (primary N) is 2. The van der Waals surface area contributed by atoms with Crippen LogP contribution in [0.1, 0.15) is 228 Å². The zero-order valence-electron chi connectivity index (χ0n) is 81.7. The van der Waals surface area contributed by atoms with Gasteiger partial charge in [0.1, 0.15) is 19.7 Å². The molecule has 10 N–H and O–H groups in total. The first kappa shape index (κ1) is 140. The highest BCUT2D eigenvalue weighted by Gasteiger charge is 2.14. The molecule has 4 fully saturated rings. The molecule has 4 saturated heterocycles. The second-order valence-corrected chi connectivity index (χ2v) is 40.4. The van der Waals surface area contributed by atoms with Crippen molar-refractivity contribution in [3.05, 3.63) is 30.3 Å². The van der Waals surface area contributed by atoms with E-state index < -0.39 is 46.4 Å². The number of morpholine rings is 2. The normalized spacial score (nSPS) is 14.9. The standard InChI is InChI=1S/C9H20N2.C8H18N2.C8H17NO.C7H15NO.C7H8O2S.C6H15N.C5H13N.C5H12O.C4H11N.C4H10O2S.C4H10O2.C4H10OS.2C4H10O.C3H9N.C3H8O.C2H6O2S/c1-3-4-5-11-8-6-10(2)7-9-11;1-3-4-10-7-5-9(2)6-8-10;1-2-3-4-9-5-7-10-8-6-9;1-2-3-8-4-6-9-7-5-8;1-10(8,9)7-5-3-2-4-6-7;1-6(2)5-7(3)4;1-4-5-6(2)3;1-5(2,3)4-6;1-4(2)3-5;1-3-4-7(2,5)6;1-2-4(6)3-5;1-3-4-6(2)5;1-4(2)3-5;1-2-3-4-5;2*1-2-3-4;1-5(2,3)4/h3-9H2,1-2H3;3-8H2,1-2H3;2-8H2,1H3;2-7H2,1H3;2-6H,1H3;6H,5H2,1-4H3;4-5H2,1-3H3;6H,4H2,1-3H3;4H,3,5H2,1-2H3;3-4H2,1-2H3;4-6H,2-3H2,1H3;3-4H2,1-2H3;4-5H,3H2,1-2H3;5H,2-4H2,1H3;2-4H2,1H3;4H,2-3H2,1H3;1-2H3. The van der Waals surface area contributed by atoms with Crippen LogP contribution in [-0.2, 0) is 49.8 Å². The van der Waals surface area contributed by atoms with Crippen LogP contribution in [0.15, 0.2) is 35.2 Å². The van der Waals surface area contributed by atoms with Crippen molar-refractivity contribution in [2.75, 3.05) is 275 Å². The fourth-order valence-electron chi connectivity index (χ4n) is 7.98. The molecular formula is C87H202N10O15S4. The Morgan fingerprint density at radius 1 is 0.483 bits per heavy atom. The lowest BCUT2D eigenvalue weighted by Gasteiger charge is -2.32. The lowest BCUT2D eigenvalue weighted by Crippen LogP contribution is -2.44. The smallest absolute Gasteiger partial charge is 0.175 e. The van der Waals surface area contributed by atoms with E-state index in [1.54, 1.807) is 36.6 Å². The van der Waals surface area contributed by atoms with E-state index in [9.17, 15) is 29.5 Å². The van der Waals surface area contributed by atoms with E-state index in [2.05, 4.69) is 158 Å². The summed E-state index contributed by atoms with van der Waals surface area (Å²) in [6, 6.07) is 8.35. The Labute approximate surface area is 724 Å². The van der Waals surface area contributed by atoms with Gasteiger partial charge < -0.3 is 81.0 Å². The Kier molecular flexibility index (Phi) is 128. The van der Waals surface area contributed by atoms with Crippen molar-refractivity contribution in [3.8, 4) is 0 Å². The van der Waals surface area contributed by atoms with Gasteiger partial charge in [0.15, 0.2) is 9.84 Å². The van der Waals surface area contributed by atoms with Crippen molar-refractivity contribution in [1.82, 2.24) is 39.2 Å². The second-order valence-electron chi connectivity index (χ2n) is 32.3. The molecule has 0 aliphatic carbocycles. The maximum Gasteiger partial charge on any atom is 0.175 e. The Morgan fingerprint density at radius 3 is 0.957 bits per heavy atom. The predicted octanol–water partition coefficient (Wildman–Crippen LogP) is 11.2. The molecule has 5 rings (SSSR count). The molecule has 116 heavy (non-hydrogen) atoms. The predicted molar refractivity (Wildman–Crippen MR) is 509 cm³/mol. The molecule has 29 heteroatoms. The summed E-state index contributed by atoms with van der Waals surface area (Å²) in [5.74, 6) is 3.06. The molecule has 0 spiro atoms. The minimum absolute atomic E-state index is 0.0972. The molecule has 1 aromatic rings. The number of piperazine rings is 2. The molecule has 0 radical (unpaired) electrons. The van der Waals surface area contributed by atoms with Crippen LogP contribution in [0.5, 0.6) is 0 Å². The van der Waals surface area contributed by atoms with E-state index in [0.29, 0.717) is 48.7 Å². The number of aliphatic hydroxyl groups excluding tert-OH is 6. The maximum absolute atomic E-state index is 10.8. The van der Waals surface area contributed by atoms with Crippen LogP contribution < -0.4 is 11.5 Å². The van der Waals surface area contributed by atoms with E-state index in [1.807, 2.05) is 62.3 Å². The van der Waals surface area contributed by atoms with Crippen LogP contribution in [0, 0.1) is 23.2 Å². The highest BCUT2D eigenvalue weighted by Crippen LogP contribution is 2.09. The molecule has 2 atom stereocenters. The Balaban J connectivity index is -0.0000001000. The number of hydrogen-bond acceptors (Lipinski definition) is 25. The Bertz CT molecular complexity index is 2250. The summed E-state index contributed by atoms with van der Waals surface area (Å²) >= 11 is 0. The average Bonchev–Trinajstić information content (AvgIpc) is 0.881. The van der Waals surface area contributed by atoms with Gasteiger partial charge in [-0.3, -0.25) is 14.0 Å². The van der Waals surface area contributed by atoms with Crippen LogP contribution >= 0.6 is 0 Å². The van der Waals surface area contributed by atoms with Gasteiger partial charge in [-0.2, -0.15) is 0 Å². The zero-order chi connectivity index (χ0) is 92.9. The number of likely N-dealkylation sites (N-methyl/N-ethyl adjacent to an activating group) is 2. The molecule has 0 saturated carbocycles. The van der Waals surface area contributed by atoms with Crippen LogP contribution in [0.25, 0.3) is 0 Å². The second kappa shape index (κ2) is 106. The van der Waals surface area contributed by atoms with E-state index in [-0.39, 0.29) is 18.6 Å². The summed E-state index contributed by atoms with van der Waals surface area (Å²) in [6.07, 6.45) is 21.5.